The van der Waals surface area contributed by atoms with Crippen molar-refractivity contribution in [2.75, 3.05) is 18.6 Å². The molecule has 0 saturated carbocycles. The Morgan fingerprint density at radius 1 is 1.09 bits per heavy atom. The summed E-state index contributed by atoms with van der Waals surface area (Å²) >= 11 is 0. The van der Waals surface area contributed by atoms with Crippen molar-refractivity contribution in [3.63, 3.8) is 0 Å². The lowest BCUT2D eigenvalue weighted by atomic mass is 9.99. The summed E-state index contributed by atoms with van der Waals surface area (Å²) in [4.78, 5) is 19.1. The largest absolute Gasteiger partial charge is 0.462 e. The molecule has 3 heterocycles. The second-order valence-electron chi connectivity index (χ2n) is 7.86. The van der Waals surface area contributed by atoms with Crippen LogP contribution in [-0.4, -0.2) is 54.8 Å². The van der Waals surface area contributed by atoms with E-state index in [9.17, 15) is 4.79 Å². The number of tetrazole rings is 1. The van der Waals surface area contributed by atoms with Gasteiger partial charge in [-0.05, 0) is 41.8 Å². The number of carbonyl (C=O) groups excluding carboxylic acids is 1. The van der Waals surface area contributed by atoms with Gasteiger partial charge in [-0.1, -0.05) is 43.3 Å². The highest BCUT2D eigenvalue weighted by Crippen LogP contribution is 2.32. The quantitative estimate of drug-likeness (QED) is 0.355. The van der Waals surface area contributed by atoms with E-state index in [4.69, 9.17) is 4.74 Å². The molecule has 0 saturated heterocycles. The van der Waals surface area contributed by atoms with Gasteiger partial charge in [0.2, 0.25) is 5.82 Å². The molecule has 0 spiro atoms. The van der Waals surface area contributed by atoms with Crippen molar-refractivity contribution in [3.8, 4) is 22.5 Å². The van der Waals surface area contributed by atoms with Crippen molar-refractivity contribution in [2.24, 2.45) is 0 Å². The molecule has 5 rings (SSSR count). The molecule has 0 radical (unpaired) electrons. The number of hydrogen-bond acceptors (Lipinski definition) is 8. The zero-order valence-corrected chi connectivity index (χ0v) is 19.6. The Morgan fingerprint density at radius 3 is 2.54 bits per heavy atom. The molecule has 0 amide bonds. The average molecular weight is 469 g/mol. The van der Waals surface area contributed by atoms with E-state index in [0.29, 0.717) is 23.6 Å². The summed E-state index contributed by atoms with van der Waals surface area (Å²) in [5.41, 5.74) is 5.58. The number of aromatic nitrogens is 7. The molecular weight excluding hydrogens is 444 g/mol. The van der Waals surface area contributed by atoms with Crippen molar-refractivity contribution in [1.82, 2.24) is 35.2 Å². The Hall–Kier alpha value is -4.60. The number of hydrogen-bond donors (Lipinski definition) is 1. The molecule has 10 heteroatoms. The molecule has 0 fully saturated rings. The maximum Gasteiger partial charge on any atom is 0.343 e. The van der Waals surface area contributed by atoms with Crippen LogP contribution in [0.5, 0.6) is 0 Å². The zero-order valence-electron chi connectivity index (χ0n) is 19.6. The number of esters is 1. The molecule has 176 valence electrons. The number of H-pyrrole nitrogens is 1. The second kappa shape index (κ2) is 9.34. The minimum Gasteiger partial charge on any atom is -0.462 e. The highest BCUT2D eigenvalue weighted by Gasteiger charge is 2.20. The summed E-state index contributed by atoms with van der Waals surface area (Å²) in [7, 11) is 1.96. The fraction of sp³-hybridized carbons (Fsp3) is 0.200. The van der Waals surface area contributed by atoms with E-state index < -0.39 is 5.97 Å². The minimum absolute atomic E-state index is 0.290. The van der Waals surface area contributed by atoms with E-state index >= 15 is 0 Å². The van der Waals surface area contributed by atoms with Crippen LogP contribution in [0.25, 0.3) is 28.2 Å². The molecular formula is C25H24N8O2. The van der Waals surface area contributed by atoms with Gasteiger partial charge < -0.3 is 9.64 Å². The van der Waals surface area contributed by atoms with Crippen molar-refractivity contribution < 1.29 is 9.53 Å². The number of fused-ring (bicyclic) bond motifs is 1. The molecule has 1 N–H and O–H groups in total. The van der Waals surface area contributed by atoms with Gasteiger partial charge in [-0.15, -0.1) is 10.2 Å². The number of aryl methyl sites for hydroxylation is 1. The summed E-state index contributed by atoms with van der Waals surface area (Å²) in [6.07, 6.45) is 2.23. The molecule has 0 aliphatic heterocycles. The zero-order chi connectivity index (χ0) is 24.4. The Balaban J connectivity index is 1.52. The van der Waals surface area contributed by atoms with Crippen LogP contribution in [0, 0.1) is 0 Å². The smallest absolute Gasteiger partial charge is 0.343 e. The van der Waals surface area contributed by atoms with E-state index in [1.54, 1.807) is 11.4 Å². The Labute approximate surface area is 201 Å². The first-order chi connectivity index (χ1) is 17.1. The molecule has 3 aromatic heterocycles. The third-order valence-electron chi connectivity index (χ3n) is 5.79. The Kier molecular flexibility index (Phi) is 5.92. The minimum atomic E-state index is -0.429. The van der Waals surface area contributed by atoms with Crippen molar-refractivity contribution in [1.29, 1.82) is 0 Å². The highest BCUT2D eigenvalue weighted by atomic mass is 16.5. The third-order valence-corrected chi connectivity index (χ3v) is 5.79. The van der Waals surface area contributed by atoms with Crippen LogP contribution in [0.3, 0.4) is 0 Å². The van der Waals surface area contributed by atoms with Crippen LogP contribution in [0.1, 0.15) is 29.9 Å². The van der Waals surface area contributed by atoms with Gasteiger partial charge in [0.25, 0.3) is 0 Å². The molecule has 0 aliphatic rings. The summed E-state index contributed by atoms with van der Waals surface area (Å²) < 4.78 is 6.86. The lowest BCUT2D eigenvalue weighted by Crippen LogP contribution is -2.15. The molecule has 10 nitrogen and oxygen atoms in total. The summed E-state index contributed by atoms with van der Waals surface area (Å²) in [6.45, 7) is 4.09. The number of benzene rings is 2. The fourth-order valence-corrected chi connectivity index (χ4v) is 3.97. The first kappa shape index (κ1) is 22.2. The number of aromatic amines is 1. The van der Waals surface area contributed by atoms with Gasteiger partial charge >= 0.3 is 5.97 Å². The van der Waals surface area contributed by atoms with Crippen LogP contribution in [0.2, 0.25) is 0 Å². The standard InChI is InChI=1S/C25H24N8O2/c1-4-17-14-22(33-24(27-17)21(15-26-33)25(34)35-5-2)32(3)18-12-10-16(11-13-18)19-8-6-7-9-20(19)23-28-30-31-29-23/h6-15H,4-5H2,1-3H3,(H,28,29,30,31). The van der Waals surface area contributed by atoms with Crippen molar-refractivity contribution in [2.45, 2.75) is 20.3 Å². The molecule has 0 bridgehead atoms. The lowest BCUT2D eigenvalue weighted by molar-refractivity contribution is 0.0528. The van der Waals surface area contributed by atoms with Crippen LogP contribution >= 0.6 is 0 Å². The molecule has 0 unspecified atom stereocenters. The second-order valence-corrected chi connectivity index (χ2v) is 7.86. The van der Waals surface area contributed by atoms with E-state index in [0.717, 1.165) is 40.3 Å². The highest BCUT2D eigenvalue weighted by molar-refractivity contribution is 5.96. The predicted octanol–water partition coefficient (Wildman–Crippen LogP) is 4.08. The first-order valence-electron chi connectivity index (χ1n) is 11.3. The van der Waals surface area contributed by atoms with Crippen molar-refractivity contribution >= 4 is 23.1 Å². The van der Waals surface area contributed by atoms with Gasteiger partial charge in [0.05, 0.1) is 12.8 Å². The van der Waals surface area contributed by atoms with Gasteiger partial charge in [0, 0.05) is 30.1 Å². The van der Waals surface area contributed by atoms with Crippen LogP contribution in [0.4, 0.5) is 11.5 Å². The van der Waals surface area contributed by atoms with Gasteiger partial charge in [-0.25, -0.2) is 9.78 Å². The van der Waals surface area contributed by atoms with Crippen molar-refractivity contribution in [3.05, 3.63) is 72.1 Å². The maximum absolute atomic E-state index is 12.4. The van der Waals surface area contributed by atoms with Gasteiger partial charge in [0.1, 0.15) is 11.4 Å². The molecule has 0 atom stereocenters. The first-order valence-corrected chi connectivity index (χ1v) is 11.3. The van der Waals surface area contributed by atoms with Crippen LogP contribution < -0.4 is 4.90 Å². The lowest BCUT2D eigenvalue weighted by Gasteiger charge is -2.21. The number of rotatable bonds is 7. The number of anilines is 2. The molecule has 35 heavy (non-hydrogen) atoms. The molecule has 2 aromatic carbocycles. The van der Waals surface area contributed by atoms with E-state index in [1.165, 1.54) is 6.20 Å². The van der Waals surface area contributed by atoms with Gasteiger partial charge in [-0.2, -0.15) is 14.8 Å². The van der Waals surface area contributed by atoms with E-state index in [2.05, 4.69) is 42.8 Å². The molecule has 0 aliphatic carbocycles. The van der Waals surface area contributed by atoms with Gasteiger partial charge in [0.15, 0.2) is 5.65 Å². The molecule has 5 aromatic rings. The normalized spacial score (nSPS) is 11.1. The summed E-state index contributed by atoms with van der Waals surface area (Å²) in [5.74, 6) is 0.910. The van der Waals surface area contributed by atoms with Crippen LogP contribution in [0.15, 0.2) is 60.8 Å². The number of carbonyl (C=O) groups is 1. The monoisotopic (exact) mass is 468 g/mol. The van der Waals surface area contributed by atoms with E-state index in [1.807, 2.05) is 61.3 Å². The SMILES string of the molecule is CCOC(=O)c1cnn2c(N(C)c3ccc(-c4ccccc4-c4nn[nH]n4)cc3)cc(CC)nc12. The topological polar surface area (TPSA) is 114 Å². The number of nitrogens with zero attached hydrogens (tertiary/aromatic N) is 7. The summed E-state index contributed by atoms with van der Waals surface area (Å²) in [6, 6.07) is 18.1. The third kappa shape index (κ3) is 4.10. The van der Waals surface area contributed by atoms with E-state index in [-0.39, 0.29) is 0 Å². The number of ether oxygens (including phenoxy) is 1. The fourth-order valence-electron chi connectivity index (χ4n) is 3.97. The van der Waals surface area contributed by atoms with Crippen LogP contribution in [-0.2, 0) is 11.2 Å². The summed E-state index contributed by atoms with van der Waals surface area (Å²) in [5, 5.41) is 18.9. The number of nitrogens with one attached hydrogen (secondary N) is 1. The Bertz CT molecular complexity index is 1480. The maximum atomic E-state index is 12.4. The Morgan fingerprint density at radius 2 is 1.86 bits per heavy atom. The van der Waals surface area contributed by atoms with Gasteiger partial charge in [-0.3, -0.25) is 0 Å². The predicted molar refractivity (Wildman–Crippen MR) is 131 cm³/mol. The average Bonchev–Trinajstić information content (AvgIpc) is 3.58.